The van der Waals surface area contributed by atoms with Gasteiger partial charge >= 0.3 is 5.97 Å². The summed E-state index contributed by atoms with van der Waals surface area (Å²) in [5.41, 5.74) is 1.06. The molecule has 0 aliphatic carbocycles. The van der Waals surface area contributed by atoms with Crippen LogP contribution < -0.4 is 5.32 Å². The Balaban J connectivity index is 1.97. The van der Waals surface area contributed by atoms with E-state index in [4.69, 9.17) is 5.11 Å². The molecule has 2 rings (SSSR count). The molecule has 1 aliphatic heterocycles. The van der Waals surface area contributed by atoms with Gasteiger partial charge in [0, 0.05) is 19.5 Å². The molecule has 0 bridgehead atoms. The molecule has 122 valence electrons. The average Bonchev–Trinajstić information content (AvgIpc) is 2.53. The maximum absolute atomic E-state index is 12.3. The van der Waals surface area contributed by atoms with Crippen molar-refractivity contribution in [1.82, 2.24) is 10.2 Å². The number of ketones is 1. The van der Waals surface area contributed by atoms with Crippen molar-refractivity contribution in [2.75, 3.05) is 19.6 Å². The monoisotopic (exact) mass is 318 g/mol. The lowest BCUT2D eigenvalue weighted by Gasteiger charge is -2.30. The lowest BCUT2D eigenvalue weighted by atomic mass is 9.94. The van der Waals surface area contributed by atoms with Gasteiger partial charge in [0.15, 0.2) is 11.7 Å². The summed E-state index contributed by atoms with van der Waals surface area (Å²) in [5, 5.41) is 10.7. The fraction of sp³-hybridized carbons (Fsp3) is 0.375. The molecule has 1 aliphatic rings. The van der Waals surface area contributed by atoms with Gasteiger partial charge in [-0.15, -0.1) is 0 Å². The zero-order chi connectivity index (χ0) is 16.8. The Hall–Kier alpha value is -2.70. The predicted octanol–water partition coefficient (Wildman–Crippen LogP) is -0.153. The molecule has 0 radical (unpaired) electrons. The molecule has 0 spiro atoms. The first-order valence-corrected chi connectivity index (χ1v) is 7.34. The molecule has 1 aromatic rings. The number of amides is 2. The molecule has 7 heteroatoms. The summed E-state index contributed by atoms with van der Waals surface area (Å²) in [5.74, 6) is -4.52. The molecule has 2 N–H and O–H groups in total. The van der Waals surface area contributed by atoms with E-state index in [0.29, 0.717) is 13.0 Å². The van der Waals surface area contributed by atoms with Crippen LogP contribution in [0.4, 0.5) is 0 Å². The maximum atomic E-state index is 12.3. The second kappa shape index (κ2) is 7.53. The molecular weight excluding hydrogens is 300 g/mol. The number of nitrogens with one attached hydrogen (secondary N) is 1. The largest absolute Gasteiger partial charge is 0.480 e. The third-order valence-corrected chi connectivity index (χ3v) is 3.70. The van der Waals surface area contributed by atoms with Gasteiger partial charge in [-0.3, -0.25) is 19.2 Å². The van der Waals surface area contributed by atoms with Crippen molar-refractivity contribution in [1.29, 1.82) is 0 Å². The van der Waals surface area contributed by atoms with Crippen molar-refractivity contribution >= 4 is 23.6 Å². The van der Waals surface area contributed by atoms with Crippen molar-refractivity contribution in [3.05, 3.63) is 35.9 Å². The lowest BCUT2D eigenvalue weighted by molar-refractivity contribution is -0.152. The summed E-state index contributed by atoms with van der Waals surface area (Å²) in [6.07, 6.45) is 0.732. The summed E-state index contributed by atoms with van der Waals surface area (Å²) < 4.78 is 0. The second-order valence-electron chi connectivity index (χ2n) is 5.32. The fourth-order valence-corrected chi connectivity index (χ4v) is 2.47. The number of carboxylic acid groups (broad SMARTS) is 1. The van der Waals surface area contributed by atoms with Gasteiger partial charge in [0.25, 0.3) is 0 Å². The zero-order valence-electron chi connectivity index (χ0n) is 12.5. The number of hydrogen-bond donors (Lipinski definition) is 2. The van der Waals surface area contributed by atoms with Crippen LogP contribution in [0.2, 0.25) is 0 Å². The molecule has 0 saturated carbocycles. The first-order chi connectivity index (χ1) is 11.0. The van der Waals surface area contributed by atoms with E-state index in [1.54, 1.807) is 0 Å². The number of carboxylic acids is 1. The van der Waals surface area contributed by atoms with Crippen molar-refractivity contribution in [3.63, 3.8) is 0 Å². The molecule has 23 heavy (non-hydrogen) atoms. The highest BCUT2D eigenvalue weighted by Crippen LogP contribution is 2.16. The van der Waals surface area contributed by atoms with Crippen molar-refractivity contribution in [2.24, 2.45) is 5.92 Å². The lowest BCUT2D eigenvalue weighted by Crippen LogP contribution is -2.53. The summed E-state index contributed by atoms with van der Waals surface area (Å²) in [6.45, 7) is 0.0892. The van der Waals surface area contributed by atoms with Gasteiger partial charge in [-0.1, -0.05) is 30.3 Å². The Kier molecular flexibility index (Phi) is 5.46. The summed E-state index contributed by atoms with van der Waals surface area (Å²) in [7, 11) is 0. The smallest absolute Gasteiger partial charge is 0.322 e. The van der Waals surface area contributed by atoms with Gasteiger partial charge in [0.2, 0.25) is 11.8 Å². The standard InChI is InChI=1S/C16H18N2O5/c19-12-7-9-18(8-6-11-4-2-1-3-5-11)16(23)14(12)15(22)17-10-13(20)21/h1-5,14H,6-10H2,(H,17,22)(H,20,21). The van der Waals surface area contributed by atoms with Crippen LogP contribution in [-0.4, -0.2) is 53.2 Å². The molecule has 2 amide bonds. The topological polar surface area (TPSA) is 104 Å². The number of benzene rings is 1. The van der Waals surface area contributed by atoms with Gasteiger partial charge in [-0.25, -0.2) is 0 Å². The summed E-state index contributed by atoms with van der Waals surface area (Å²) in [4.78, 5) is 48.1. The number of nitrogens with zero attached hydrogens (tertiary/aromatic N) is 1. The molecule has 1 atom stereocenters. The highest BCUT2D eigenvalue weighted by Gasteiger charge is 2.40. The second-order valence-corrected chi connectivity index (χ2v) is 5.32. The number of rotatable bonds is 6. The normalized spacial score (nSPS) is 17.9. The Morgan fingerprint density at radius 3 is 2.57 bits per heavy atom. The molecule has 1 saturated heterocycles. The van der Waals surface area contributed by atoms with Gasteiger partial charge in [-0.05, 0) is 12.0 Å². The van der Waals surface area contributed by atoms with Crippen LogP contribution in [0.25, 0.3) is 0 Å². The first kappa shape index (κ1) is 16.7. The average molecular weight is 318 g/mol. The number of hydrogen-bond acceptors (Lipinski definition) is 4. The van der Waals surface area contributed by atoms with Crippen molar-refractivity contribution < 1.29 is 24.3 Å². The van der Waals surface area contributed by atoms with Crippen LogP contribution in [0.3, 0.4) is 0 Å². The number of piperidine rings is 1. The molecule has 1 heterocycles. The predicted molar refractivity (Wildman–Crippen MR) is 80.5 cm³/mol. The van der Waals surface area contributed by atoms with E-state index in [0.717, 1.165) is 5.56 Å². The third-order valence-electron chi connectivity index (χ3n) is 3.70. The van der Waals surface area contributed by atoms with Crippen molar-refractivity contribution in [2.45, 2.75) is 12.8 Å². The van der Waals surface area contributed by atoms with Gasteiger partial charge in [0.1, 0.15) is 6.54 Å². The van der Waals surface area contributed by atoms with Crippen LogP contribution in [-0.2, 0) is 25.6 Å². The summed E-state index contributed by atoms with van der Waals surface area (Å²) >= 11 is 0. The zero-order valence-corrected chi connectivity index (χ0v) is 12.5. The van der Waals surface area contributed by atoms with Crippen LogP contribution in [0.15, 0.2) is 30.3 Å². The molecule has 1 unspecified atom stereocenters. The number of Topliss-reactive ketones (excluding diaryl/α,β-unsaturated/α-hetero) is 1. The van der Waals surface area contributed by atoms with Crippen molar-refractivity contribution in [3.8, 4) is 0 Å². The maximum Gasteiger partial charge on any atom is 0.322 e. The minimum atomic E-state index is -1.43. The quantitative estimate of drug-likeness (QED) is 0.710. The van der Waals surface area contributed by atoms with E-state index in [9.17, 15) is 19.2 Å². The van der Waals surface area contributed by atoms with E-state index in [-0.39, 0.29) is 13.0 Å². The molecule has 7 nitrogen and oxygen atoms in total. The molecule has 1 aromatic carbocycles. The molecule has 0 aromatic heterocycles. The first-order valence-electron chi connectivity index (χ1n) is 7.34. The minimum absolute atomic E-state index is 0.103. The Morgan fingerprint density at radius 2 is 1.91 bits per heavy atom. The Morgan fingerprint density at radius 1 is 1.22 bits per heavy atom. The number of aliphatic carboxylic acids is 1. The third kappa shape index (κ3) is 4.38. The Bertz CT molecular complexity index is 614. The van der Waals surface area contributed by atoms with Crippen LogP contribution in [0.5, 0.6) is 0 Å². The number of likely N-dealkylation sites (tertiary alicyclic amines) is 1. The van der Waals surface area contributed by atoms with Crippen LogP contribution in [0.1, 0.15) is 12.0 Å². The number of carbonyl (C=O) groups is 4. The van der Waals surface area contributed by atoms with E-state index in [2.05, 4.69) is 5.32 Å². The Labute approximate surface area is 133 Å². The summed E-state index contributed by atoms with van der Waals surface area (Å²) in [6, 6.07) is 9.59. The molecular formula is C16H18N2O5. The molecule has 1 fully saturated rings. The number of carbonyl (C=O) groups excluding carboxylic acids is 3. The van der Waals surface area contributed by atoms with Gasteiger partial charge in [-0.2, -0.15) is 0 Å². The van der Waals surface area contributed by atoms with Gasteiger partial charge in [0.05, 0.1) is 0 Å². The highest BCUT2D eigenvalue weighted by atomic mass is 16.4. The minimum Gasteiger partial charge on any atom is -0.480 e. The van der Waals surface area contributed by atoms with E-state index >= 15 is 0 Å². The van der Waals surface area contributed by atoms with Gasteiger partial charge < -0.3 is 15.3 Å². The fourth-order valence-electron chi connectivity index (χ4n) is 2.47. The van der Waals surface area contributed by atoms with E-state index in [1.807, 2.05) is 30.3 Å². The SMILES string of the molecule is O=C(O)CNC(=O)C1C(=O)CCN(CCc2ccccc2)C1=O. The van der Waals surface area contributed by atoms with E-state index in [1.165, 1.54) is 4.90 Å². The van der Waals surface area contributed by atoms with E-state index < -0.39 is 36.0 Å². The van der Waals surface area contributed by atoms with Crippen LogP contribution in [0, 0.1) is 5.92 Å². The highest BCUT2D eigenvalue weighted by molar-refractivity contribution is 6.19. The van der Waals surface area contributed by atoms with Crippen LogP contribution >= 0.6 is 0 Å².